The normalized spacial score (nSPS) is 12.8. The summed E-state index contributed by atoms with van der Waals surface area (Å²) in [6.45, 7) is 6.45. The number of allylic oxidation sites excluding steroid dienone is 16. The number of carbonyl (C=O) groups is 3. The molecule has 0 amide bonds. The van der Waals surface area contributed by atoms with E-state index in [0.29, 0.717) is 19.3 Å². The molecule has 6 heteroatoms. The van der Waals surface area contributed by atoms with Gasteiger partial charge in [0.25, 0.3) is 0 Å². The highest BCUT2D eigenvalue weighted by molar-refractivity contribution is 5.71. The molecule has 0 rings (SSSR count). The summed E-state index contributed by atoms with van der Waals surface area (Å²) in [7, 11) is 0. The summed E-state index contributed by atoms with van der Waals surface area (Å²) in [5.74, 6) is -0.930. The summed E-state index contributed by atoms with van der Waals surface area (Å²) in [6, 6.07) is 0. The van der Waals surface area contributed by atoms with Crippen molar-refractivity contribution in [3.05, 3.63) is 97.2 Å². The van der Waals surface area contributed by atoms with Crippen LogP contribution in [0.5, 0.6) is 0 Å². The van der Waals surface area contributed by atoms with E-state index in [0.717, 1.165) is 122 Å². The van der Waals surface area contributed by atoms with Crippen molar-refractivity contribution in [2.75, 3.05) is 13.2 Å². The van der Waals surface area contributed by atoms with Gasteiger partial charge in [0.15, 0.2) is 6.10 Å². The maximum absolute atomic E-state index is 12.9. The molecule has 0 aromatic rings. The Hall–Kier alpha value is -3.67. The molecule has 0 radical (unpaired) electrons. The fraction of sp³-hybridized carbons (Fsp3) is 0.698. The lowest BCUT2D eigenvalue weighted by atomic mass is 10.1. The minimum Gasteiger partial charge on any atom is -0.462 e. The monoisotopic (exact) mass is 959 g/mol. The topological polar surface area (TPSA) is 78.9 Å². The third kappa shape index (κ3) is 55.1. The molecular formula is C63H106O6. The van der Waals surface area contributed by atoms with Crippen molar-refractivity contribution in [1.29, 1.82) is 0 Å². The Balaban J connectivity index is 4.46. The van der Waals surface area contributed by atoms with Crippen molar-refractivity contribution < 1.29 is 28.6 Å². The van der Waals surface area contributed by atoms with Gasteiger partial charge in [0.05, 0.1) is 0 Å². The van der Waals surface area contributed by atoms with Gasteiger partial charge in [-0.25, -0.2) is 0 Å². The molecule has 1 unspecified atom stereocenters. The van der Waals surface area contributed by atoms with Crippen LogP contribution in [-0.2, 0) is 28.6 Å². The van der Waals surface area contributed by atoms with E-state index in [4.69, 9.17) is 14.2 Å². The van der Waals surface area contributed by atoms with E-state index < -0.39 is 6.10 Å². The maximum Gasteiger partial charge on any atom is 0.306 e. The van der Waals surface area contributed by atoms with Gasteiger partial charge in [-0.05, 0) is 122 Å². The van der Waals surface area contributed by atoms with Gasteiger partial charge >= 0.3 is 17.9 Å². The second-order valence-corrected chi connectivity index (χ2v) is 18.8. The smallest absolute Gasteiger partial charge is 0.306 e. The number of hydrogen-bond acceptors (Lipinski definition) is 6. The molecule has 6 nitrogen and oxygen atoms in total. The van der Waals surface area contributed by atoms with Crippen molar-refractivity contribution in [3.8, 4) is 0 Å². The van der Waals surface area contributed by atoms with Crippen molar-refractivity contribution >= 4 is 17.9 Å². The van der Waals surface area contributed by atoms with Crippen LogP contribution in [0.1, 0.15) is 265 Å². The molecule has 0 bridgehead atoms. The molecule has 0 heterocycles. The molecule has 69 heavy (non-hydrogen) atoms. The molecule has 1 atom stereocenters. The standard InChI is InChI=1S/C63H106O6/c1-4-7-10-13-16-19-22-25-28-31-34-37-40-43-46-49-52-55-61(64)67-58-60(69-63(66)57-54-51-48-45-42-39-36-33-30-27-24-21-18-15-12-9-6-3)59-68-62(65)56-53-50-47-44-41-38-35-32-29-26-23-20-17-14-11-8-5-2/h7,10,16-21,25-30,34,37,60H,4-6,8-9,11-15,22-24,31-33,35-36,38-59H2,1-3H3/b10-7-,19-16-,20-17-,21-18-,28-25-,29-26-,30-27-,37-34-. The van der Waals surface area contributed by atoms with E-state index in [1.54, 1.807) is 0 Å². The number of esters is 3. The fourth-order valence-corrected chi connectivity index (χ4v) is 7.73. The molecule has 0 fully saturated rings. The van der Waals surface area contributed by atoms with E-state index in [1.807, 2.05) is 0 Å². The summed E-state index contributed by atoms with van der Waals surface area (Å²) in [6.07, 6.45) is 75.3. The number of rotatable bonds is 51. The summed E-state index contributed by atoms with van der Waals surface area (Å²) >= 11 is 0. The third-order valence-electron chi connectivity index (χ3n) is 12.0. The molecular weight excluding hydrogens is 853 g/mol. The van der Waals surface area contributed by atoms with Gasteiger partial charge in [-0.15, -0.1) is 0 Å². The first kappa shape index (κ1) is 65.3. The van der Waals surface area contributed by atoms with Crippen LogP contribution in [0.2, 0.25) is 0 Å². The second kappa shape index (κ2) is 56.9. The third-order valence-corrected chi connectivity index (χ3v) is 12.0. The first-order valence-electron chi connectivity index (χ1n) is 28.7. The van der Waals surface area contributed by atoms with Crippen LogP contribution in [0.3, 0.4) is 0 Å². The van der Waals surface area contributed by atoms with Gasteiger partial charge in [0, 0.05) is 19.3 Å². The Bertz CT molecular complexity index is 1380. The molecule has 0 aliphatic heterocycles. The van der Waals surface area contributed by atoms with Crippen molar-refractivity contribution in [2.45, 2.75) is 271 Å². The lowest BCUT2D eigenvalue weighted by Crippen LogP contribution is -2.30. The number of hydrogen-bond donors (Lipinski definition) is 0. The van der Waals surface area contributed by atoms with Gasteiger partial charge in [-0.2, -0.15) is 0 Å². The lowest BCUT2D eigenvalue weighted by Gasteiger charge is -2.18. The Morgan fingerprint density at radius 1 is 0.304 bits per heavy atom. The van der Waals surface area contributed by atoms with Crippen LogP contribution < -0.4 is 0 Å². The summed E-state index contributed by atoms with van der Waals surface area (Å²) in [5, 5.41) is 0. The van der Waals surface area contributed by atoms with Gasteiger partial charge in [-0.3, -0.25) is 14.4 Å². The molecule has 0 aromatic heterocycles. The molecule has 0 spiro atoms. The minimum atomic E-state index is -0.797. The summed E-state index contributed by atoms with van der Waals surface area (Å²) < 4.78 is 16.8. The Morgan fingerprint density at radius 3 is 0.884 bits per heavy atom. The van der Waals surface area contributed by atoms with Gasteiger partial charge < -0.3 is 14.2 Å². The molecule has 394 valence electrons. The zero-order valence-corrected chi connectivity index (χ0v) is 45.0. The second-order valence-electron chi connectivity index (χ2n) is 18.8. The van der Waals surface area contributed by atoms with Crippen LogP contribution in [0.4, 0.5) is 0 Å². The van der Waals surface area contributed by atoms with Crippen LogP contribution in [0, 0.1) is 0 Å². The van der Waals surface area contributed by atoms with Crippen molar-refractivity contribution in [1.82, 2.24) is 0 Å². The van der Waals surface area contributed by atoms with Crippen LogP contribution in [0.25, 0.3) is 0 Å². The average Bonchev–Trinajstić information content (AvgIpc) is 3.35. The van der Waals surface area contributed by atoms with Crippen molar-refractivity contribution in [3.63, 3.8) is 0 Å². The van der Waals surface area contributed by atoms with E-state index in [9.17, 15) is 14.4 Å². The molecule has 0 aliphatic carbocycles. The van der Waals surface area contributed by atoms with E-state index in [-0.39, 0.29) is 31.1 Å². The fourth-order valence-electron chi connectivity index (χ4n) is 7.73. The quantitative estimate of drug-likeness (QED) is 0.0262. The molecule has 0 aromatic carbocycles. The predicted octanol–water partition coefficient (Wildman–Crippen LogP) is 19.3. The minimum absolute atomic E-state index is 0.0935. The van der Waals surface area contributed by atoms with Crippen LogP contribution >= 0.6 is 0 Å². The van der Waals surface area contributed by atoms with Gasteiger partial charge in [0.1, 0.15) is 13.2 Å². The summed E-state index contributed by atoms with van der Waals surface area (Å²) in [4.78, 5) is 38.2. The molecule has 0 saturated heterocycles. The summed E-state index contributed by atoms with van der Waals surface area (Å²) in [5.41, 5.74) is 0. The number of unbranched alkanes of at least 4 members (excludes halogenated alkanes) is 24. The highest BCUT2D eigenvalue weighted by Crippen LogP contribution is 2.14. The first-order valence-corrected chi connectivity index (χ1v) is 28.7. The van der Waals surface area contributed by atoms with Crippen molar-refractivity contribution in [2.24, 2.45) is 0 Å². The van der Waals surface area contributed by atoms with Gasteiger partial charge in [-0.1, -0.05) is 221 Å². The van der Waals surface area contributed by atoms with Gasteiger partial charge in [0.2, 0.25) is 0 Å². The van der Waals surface area contributed by atoms with E-state index in [2.05, 4.69) is 118 Å². The largest absolute Gasteiger partial charge is 0.462 e. The average molecular weight is 960 g/mol. The number of carbonyl (C=O) groups excluding carboxylic acids is 3. The predicted molar refractivity (Wildman–Crippen MR) is 297 cm³/mol. The molecule has 0 aliphatic rings. The van der Waals surface area contributed by atoms with Crippen LogP contribution in [-0.4, -0.2) is 37.2 Å². The Morgan fingerprint density at radius 2 is 0.565 bits per heavy atom. The Kier molecular flexibility index (Phi) is 53.9. The first-order chi connectivity index (χ1) is 34.0. The molecule has 0 N–H and O–H groups in total. The number of ether oxygens (including phenoxy) is 3. The highest BCUT2D eigenvalue weighted by Gasteiger charge is 2.19. The van der Waals surface area contributed by atoms with E-state index >= 15 is 0 Å². The lowest BCUT2D eigenvalue weighted by molar-refractivity contribution is -0.167. The highest BCUT2D eigenvalue weighted by atomic mass is 16.6. The maximum atomic E-state index is 12.9. The zero-order valence-electron chi connectivity index (χ0n) is 45.0. The van der Waals surface area contributed by atoms with Crippen LogP contribution in [0.15, 0.2) is 97.2 Å². The Labute approximate surface area is 426 Å². The zero-order chi connectivity index (χ0) is 50.0. The SMILES string of the molecule is CC/C=C\C/C=C\C/C=C\C/C=C\CCCCCCC(=O)OCC(COC(=O)CCCCCCCCC/C=C\C/C=C\CCCCC)OC(=O)CCCCCCCCC/C=C\C/C=C\CCCCC. The molecule has 0 saturated carbocycles. The van der Waals surface area contributed by atoms with E-state index in [1.165, 1.54) is 103 Å².